The minimum Gasteiger partial charge on any atom is -0.299 e. The highest BCUT2D eigenvalue weighted by Gasteiger charge is 2.49. The topological polar surface area (TPSA) is 17.1 Å². The molecule has 1 nitrogen and oxygen atoms in total. The maximum absolute atomic E-state index is 12.2. The van der Waals surface area contributed by atoms with E-state index in [-0.39, 0.29) is 0 Å². The fourth-order valence-electron chi connectivity index (χ4n) is 4.63. The van der Waals surface area contributed by atoms with Crippen LogP contribution in [0.25, 0.3) is 0 Å². The summed E-state index contributed by atoms with van der Waals surface area (Å²) < 4.78 is 0. The van der Waals surface area contributed by atoms with Crippen LogP contribution in [0, 0.1) is 29.6 Å². The van der Waals surface area contributed by atoms with E-state index in [1.807, 2.05) is 0 Å². The van der Waals surface area contributed by atoms with Crippen molar-refractivity contribution < 1.29 is 4.79 Å². The van der Waals surface area contributed by atoms with Gasteiger partial charge in [-0.15, -0.1) is 0 Å². The molecule has 84 valence electrons. The van der Waals surface area contributed by atoms with Crippen molar-refractivity contribution >= 4 is 5.78 Å². The van der Waals surface area contributed by atoms with Crippen molar-refractivity contribution in [2.75, 3.05) is 0 Å². The first-order valence-corrected chi connectivity index (χ1v) is 6.81. The fourth-order valence-corrected chi connectivity index (χ4v) is 4.63. The molecule has 3 aliphatic carbocycles. The van der Waals surface area contributed by atoms with Crippen molar-refractivity contribution in [2.24, 2.45) is 29.6 Å². The van der Waals surface area contributed by atoms with Crippen LogP contribution in [-0.2, 0) is 4.79 Å². The largest absolute Gasteiger partial charge is 0.299 e. The van der Waals surface area contributed by atoms with Gasteiger partial charge in [0.2, 0.25) is 0 Å². The Balaban J connectivity index is 1.84. The number of hydrogen-bond donors (Lipinski definition) is 0. The molecule has 0 saturated heterocycles. The van der Waals surface area contributed by atoms with Crippen molar-refractivity contribution in [3.8, 4) is 0 Å². The highest BCUT2D eigenvalue weighted by atomic mass is 16.1. The number of carbonyl (C=O) groups excluding carboxylic acids is 1. The van der Waals surface area contributed by atoms with Crippen molar-refractivity contribution in [3.05, 3.63) is 0 Å². The molecule has 0 N–H and O–H groups in total. The normalized spacial score (nSPS) is 49.9. The zero-order chi connectivity index (χ0) is 10.4. The molecule has 0 aromatic heterocycles. The molecule has 5 atom stereocenters. The molecule has 0 aromatic carbocycles. The molecular formula is C14H22O. The average molecular weight is 206 g/mol. The van der Waals surface area contributed by atoms with Gasteiger partial charge in [0.05, 0.1) is 0 Å². The molecule has 5 unspecified atom stereocenters. The van der Waals surface area contributed by atoms with Crippen LogP contribution in [0.2, 0.25) is 0 Å². The predicted octanol–water partition coefficient (Wildman–Crippen LogP) is 3.43. The van der Waals surface area contributed by atoms with Gasteiger partial charge < -0.3 is 0 Å². The van der Waals surface area contributed by atoms with Crippen LogP contribution in [-0.4, -0.2) is 5.78 Å². The summed E-state index contributed by atoms with van der Waals surface area (Å²) >= 11 is 0. The third kappa shape index (κ3) is 1.46. The van der Waals surface area contributed by atoms with E-state index >= 15 is 0 Å². The summed E-state index contributed by atoms with van der Waals surface area (Å²) in [6.45, 7) is 2.15. The number of hydrogen-bond acceptors (Lipinski definition) is 1. The van der Waals surface area contributed by atoms with Gasteiger partial charge >= 0.3 is 0 Å². The Morgan fingerprint density at radius 3 is 2.60 bits per heavy atom. The molecule has 3 saturated carbocycles. The SMILES string of the molecule is CC1CC2CCC3CCCCC3C2C1=O. The van der Waals surface area contributed by atoms with Gasteiger partial charge in [-0.25, -0.2) is 0 Å². The van der Waals surface area contributed by atoms with Crippen LogP contribution >= 0.6 is 0 Å². The van der Waals surface area contributed by atoms with E-state index in [0.29, 0.717) is 17.6 Å². The summed E-state index contributed by atoms with van der Waals surface area (Å²) in [6.07, 6.45) is 9.54. The summed E-state index contributed by atoms with van der Waals surface area (Å²) in [7, 11) is 0. The van der Waals surface area contributed by atoms with Gasteiger partial charge in [0.15, 0.2) is 0 Å². The minimum atomic E-state index is 0.376. The molecule has 1 heteroatoms. The van der Waals surface area contributed by atoms with E-state index < -0.39 is 0 Å². The number of rotatable bonds is 0. The lowest BCUT2D eigenvalue weighted by atomic mass is 9.62. The Morgan fingerprint density at radius 2 is 1.73 bits per heavy atom. The number of carbonyl (C=O) groups is 1. The van der Waals surface area contributed by atoms with E-state index in [0.717, 1.165) is 17.8 Å². The van der Waals surface area contributed by atoms with Crippen molar-refractivity contribution in [3.63, 3.8) is 0 Å². The maximum atomic E-state index is 12.2. The molecule has 0 heterocycles. The van der Waals surface area contributed by atoms with E-state index in [1.54, 1.807) is 0 Å². The Morgan fingerprint density at radius 1 is 1.00 bits per heavy atom. The molecule has 3 fully saturated rings. The van der Waals surface area contributed by atoms with E-state index in [1.165, 1.54) is 44.9 Å². The summed E-state index contributed by atoms with van der Waals surface area (Å²) in [5.74, 6) is 3.95. The third-order valence-corrected chi connectivity index (χ3v) is 5.32. The number of fused-ring (bicyclic) bond motifs is 3. The highest BCUT2D eigenvalue weighted by Crippen LogP contribution is 2.52. The zero-order valence-electron chi connectivity index (χ0n) is 9.74. The van der Waals surface area contributed by atoms with Crippen LogP contribution < -0.4 is 0 Å². The highest BCUT2D eigenvalue weighted by molar-refractivity contribution is 5.86. The molecule has 15 heavy (non-hydrogen) atoms. The monoisotopic (exact) mass is 206 g/mol. The summed E-state index contributed by atoms with van der Waals surface area (Å²) in [6, 6.07) is 0. The van der Waals surface area contributed by atoms with Gasteiger partial charge in [-0.2, -0.15) is 0 Å². The fraction of sp³-hybridized carbons (Fsp3) is 0.929. The average Bonchev–Trinajstić information content (AvgIpc) is 2.55. The first kappa shape index (κ1) is 9.86. The molecule has 0 bridgehead atoms. The second-order valence-corrected chi connectivity index (χ2v) is 6.11. The first-order chi connectivity index (χ1) is 7.27. The molecule has 0 aliphatic heterocycles. The molecule has 0 amide bonds. The molecule has 0 aromatic rings. The second-order valence-electron chi connectivity index (χ2n) is 6.11. The molecule has 0 spiro atoms. The van der Waals surface area contributed by atoms with E-state index in [2.05, 4.69) is 6.92 Å². The quantitative estimate of drug-likeness (QED) is 0.593. The lowest BCUT2D eigenvalue weighted by Crippen LogP contribution is -2.37. The second kappa shape index (κ2) is 3.61. The van der Waals surface area contributed by atoms with Gasteiger partial charge in [-0.05, 0) is 43.4 Å². The number of Topliss-reactive ketones (excluding diaryl/α,β-unsaturated/α-hetero) is 1. The van der Waals surface area contributed by atoms with Crippen LogP contribution in [0.15, 0.2) is 0 Å². The predicted molar refractivity (Wildman–Crippen MR) is 60.5 cm³/mol. The standard InChI is InChI=1S/C14H22O/c1-9-8-11-7-6-10-4-2-3-5-12(10)13(11)14(9)15/h9-13H,2-8H2,1H3. The minimum absolute atomic E-state index is 0.376. The van der Waals surface area contributed by atoms with Crippen LogP contribution in [0.5, 0.6) is 0 Å². The lowest BCUT2D eigenvalue weighted by molar-refractivity contribution is -0.127. The molecular weight excluding hydrogens is 184 g/mol. The number of ketones is 1. The Kier molecular flexibility index (Phi) is 2.37. The van der Waals surface area contributed by atoms with Gasteiger partial charge in [0.1, 0.15) is 5.78 Å². The first-order valence-electron chi connectivity index (χ1n) is 6.81. The summed E-state index contributed by atoms with van der Waals surface area (Å²) in [4.78, 5) is 12.2. The smallest absolute Gasteiger partial charge is 0.139 e. The van der Waals surface area contributed by atoms with Gasteiger partial charge in [0, 0.05) is 11.8 Å². The van der Waals surface area contributed by atoms with E-state index in [9.17, 15) is 4.79 Å². The molecule has 3 rings (SSSR count). The van der Waals surface area contributed by atoms with Crippen molar-refractivity contribution in [1.82, 2.24) is 0 Å². The third-order valence-electron chi connectivity index (χ3n) is 5.32. The van der Waals surface area contributed by atoms with Crippen molar-refractivity contribution in [2.45, 2.75) is 51.9 Å². The summed E-state index contributed by atoms with van der Waals surface area (Å²) in [5.41, 5.74) is 0. The van der Waals surface area contributed by atoms with Crippen molar-refractivity contribution in [1.29, 1.82) is 0 Å². The Bertz CT molecular complexity index is 271. The van der Waals surface area contributed by atoms with Gasteiger partial charge in [0.25, 0.3) is 0 Å². The summed E-state index contributed by atoms with van der Waals surface area (Å²) in [5, 5.41) is 0. The molecule has 0 radical (unpaired) electrons. The Hall–Kier alpha value is -0.330. The Labute approximate surface area is 92.6 Å². The van der Waals surface area contributed by atoms with Crippen LogP contribution in [0.1, 0.15) is 51.9 Å². The zero-order valence-corrected chi connectivity index (χ0v) is 9.74. The molecule has 3 aliphatic rings. The van der Waals surface area contributed by atoms with E-state index in [4.69, 9.17) is 0 Å². The van der Waals surface area contributed by atoms with Gasteiger partial charge in [-0.3, -0.25) is 4.79 Å². The van der Waals surface area contributed by atoms with Crippen LogP contribution in [0.3, 0.4) is 0 Å². The van der Waals surface area contributed by atoms with Gasteiger partial charge in [-0.1, -0.05) is 26.2 Å². The maximum Gasteiger partial charge on any atom is 0.139 e. The van der Waals surface area contributed by atoms with Crippen LogP contribution in [0.4, 0.5) is 0 Å². The lowest BCUT2D eigenvalue weighted by Gasteiger charge is -2.42.